The molecule has 0 saturated heterocycles. The molecular formula is C26H35O7P. The predicted octanol–water partition coefficient (Wildman–Crippen LogP) is 6.14. The highest BCUT2D eigenvalue weighted by Gasteiger charge is 2.47. The molecule has 0 fully saturated rings. The Kier molecular flexibility index (Phi) is 8.96. The van der Waals surface area contributed by atoms with Crippen molar-refractivity contribution in [3.8, 4) is 23.0 Å². The monoisotopic (exact) mass is 490 g/mol. The average Bonchev–Trinajstić information content (AvgIpc) is 2.86. The maximum absolute atomic E-state index is 14.7. The van der Waals surface area contributed by atoms with Crippen molar-refractivity contribution in [3.05, 3.63) is 47.5 Å². The fourth-order valence-electron chi connectivity index (χ4n) is 3.72. The molecule has 186 valence electrons. The Bertz CT molecular complexity index is 975. The van der Waals surface area contributed by atoms with Gasteiger partial charge in [-0.2, -0.15) is 0 Å². The molecule has 0 saturated carbocycles. The Balaban J connectivity index is 2.82. The van der Waals surface area contributed by atoms with Gasteiger partial charge in [-0.25, -0.2) is 0 Å². The highest BCUT2D eigenvalue weighted by molar-refractivity contribution is 7.95. The molecule has 1 unspecified atom stereocenters. The molecule has 0 aliphatic carbocycles. The zero-order valence-corrected chi connectivity index (χ0v) is 22.2. The van der Waals surface area contributed by atoms with E-state index in [1.165, 1.54) is 28.4 Å². The predicted molar refractivity (Wildman–Crippen MR) is 133 cm³/mol. The van der Waals surface area contributed by atoms with Crippen LogP contribution in [0.15, 0.2) is 36.4 Å². The summed E-state index contributed by atoms with van der Waals surface area (Å²) >= 11 is 0. The van der Waals surface area contributed by atoms with Gasteiger partial charge in [-0.05, 0) is 35.6 Å². The van der Waals surface area contributed by atoms with Crippen molar-refractivity contribution in [2.75, 3.05) is 34.6 Å². The van der Waals surface area contributed by atoms with Crippen LogP contribution in [0.4, 0.5) is 0 Å². The Morgan fingerprint density at radius 3 is 1.38 bits per heavy atom. The van der Waals surface area contributed by atoms with Gasteiger partial charge in [-0.3, -0.25) is 9.59 Å². The molecule has 8 heteroatoms. The van der Waals surface area contributed by atoms with Gasteiger partial charge < -0.3 is 23.5 Å². The first kappa shape index (κ1) is 27.5. The summed E-state index contributed by atoms with van der Waals surface area (Å²) in [5, 5.41) is 0. The summed E-state index contributed by atoms with van der Waals surface area (Å²) < 4.78 is 36.3. The lowest BCUT2D eigenvalue weighted by Crippen LogP contribution is -2.27. The fourth-order valence-corrected chi connectivity index (χ4v) is 6.67. The van der Waals surface area contributed by atoms with E-state index in [0.29, 0.717) is 0 Å². The van der Waals surface area contributed by atoms with Crippen molar-refractivity contribution in [2.45, 2.75) is 34.1 Å². The molecular weight excluding hydrogens is 455 g/mol. The summed E-state index contributed by atoms with van der Waals surface area (Å²) in [6, 6.07) is 9.63. The number of ether oxygens (including phenoxy) is 4. The molecule has 0 radical (unpaired) electrons. The average molecular weight is 491 g/mol. The van der Waals surface area contributed by atoms with E-state index in [-0.39, 0.29) is 51.6 Å². The third-order valence-electron chi connectivity index (χ3n) is 6.72. The van der Waals surface area contributed by atoms with Crippen molar-refractivity contribution >= 4 is 18.2 Å². The minimum Gasteiger partial charge on any atom is -0.496 e. The summed E-state index contributed by atoms with van der Waals surface area (Å²) in [6.45, 7) is 8.00. The third kappa shape index (κ3) is 5.15. The molecule has 1 atom stereocenters. The topological polar surface area (TPSA) is 88.1 Å². The molecule has 34 heavy (non-hydrogen) atoms. The van der Waals surface area contributed by atoms with Gasteiger partial charge in [0.05, 0.1) is 28.4 Å². The number of benzene rings is 2. The van der Waals surface area contributed by atoms with Crippen LogP contribution in [0.5, 0.6) is 23.0 Å². The first-order valence-electron chi connectivity index (χ1n) is 11.1. The third-order valence-corrected chi connectivity index (χ3v) is 9.54. The zero-order chi connectivity index (χ0) is 25.7. The van der Waals surface area contributed by atoms with Crippen LogP contribution in [0.3, 0.4) is 0 Å². The SMILES string of the molecule is CCC(C)(C)C(C)CP(=O)(C(=O)c1c(OC)cccc1OC)C(=O)c1c(OC)cccc1OC. The van der Waals surface area contributed by atoms with Crippen LogP contribution in [-0.2, 0) is 4.57 Å². The normalized spacial score (nSPS) is 12.6. The number of carbonyl (C=O) groups is 2. The highest BCUT2D eigenvalue weighted by atomic mass is 31.2. The van der Waals surface area contributed by atoms with E-state index in [0.717, 1.165) is 6.42 Å². The number of rotatable bonds is 12. The van der Waals surface area contributed by atoms with Gasteiger partial charge in [0.2, 0.25) is 18.2 Å². The summed E-state index contributed by atoms with van der Waals surface area (Å²) in [5.74, 6) is 0.537. The van der Waals surface area contributed by atoms with Gasteiger partial charge in [0.15, 0.2) is 0 Å². The second-order valence-corrected chi connectivity index (χ2v) is 11.5. The van der Waals surface area contributed by atoms with E-state index in [4.69, 9.17) is 18.9 Å². The van der Waals surface area contributed by atoms with Crippen LogP contribution in [0.2, 0.25) is 0 Å². The molecule has 0 heterocycles. The molecule has 2 aromatic rings. The minimum atomic E-state index is -4.27. The lowest BCUT2D eigenvalue weighted by molar-refractivity contribution is 0.102. The standard InChI is InChI=1S/C26H35O7P/c1-9-26(3,4)17(2)16-34(29,24(27)22-18(30-5)12-10-13-19(22)31-6)25(28)23-20(32-7)14-11-15-21(23)33-8/h10-15,17H,9,16H2,1-8H3. The van der Waals surface area contributed by atoms with E-state index < -0.39 is 18.2 Å². The van der Waals surface area contributed by atoms with E-state index in [2.05, 4.69) is 0 Å². The molecule has 2 rings (SSSR count). The number of hydrogen-bond donors (Lipinski definition) is 0. The lowest BCUT2D eigenvalue weighted by Gasteiger charge is -2.33. The lowest BCUT2D eigenvalue weighted by atomic mass is 9.79. The molecule has 0 aliphatic rings. The summed E-state index contributed by atoms with van der Waals surface area (Å²) in [6.07, 6.45) is 0.667. The zero-order valence-electron chi connectivity index (χ0n) is 21.3. The van der Waals surface area contributed by atoms with Gasteiger partial charge in [0, 0.05) is 6.16 Å². The number of methoxy groups -OCH3 is 4. The Morgan fingerprint density at radius 2 is 1.12 bits per heavy atom. The van der Waals surface area contributed by atoms with E-state index in [9.17, 15) is 14.2 Å². The summed E-state index contributed by atoms with van der Waals surface area (Å²) in [4.78, 5) is 28.1. The van der Waals surface area contributed by atoms with Crippen LogP contribution in [0.25, 0.3) is 0 Å². The minimum absolute atomic E-state index is 0.0143. The number of carbonyl (C=O) groups excluding carboxylic acids is 2. The van der Waals surface area contributed by atoms with Crippen molar-refractivity contribution < 1.29 is 33.1 Å². The molecule has 0 aliphatic heterocycles. The maximum atomic E-state index is 14.7. The van der Waals surface area contributed by atoms with Gasteiger partial charge in [-0.1, -0.05) is 46.2 Å². The van der Waals surface area contributed by atoms with Crippen LogP contribution in [-0.4, -0.2) is 45.6 Å². The first-order valence-corrected chi connectivity index (χ1v) is 13.0. The molecule has 2 aromatic carbocycles. The van der Waals surface area contributed by atoms with Crippen molar-refractivity contribution in [2.24, 2.45) is 11.3 Å². The molecule has 0 N–H and O–H groups in total. The van der Waals surface area contributed by atoms with Crippen LogP contribution in [0.1, 0.15) is 54.8 Å². The smallest absolute Gasteiger partial charge is 0.236 e. The Morgan fingerprint density at radius 1 is 0.794 bits per heavy atom. The summed E-state index contributed by atoms with van der Waals surface area (Å²) in [5.41, 5.74) is -1.90. The van der Waals surface area contributed by atoms with Crippen molar-refractivity contribution in [1.82, 2.24) is 0 Å². The molecule has 0 bridgehead atoms. The molecule has 0 spiro atoms. The second-order valence-electron chi connectivity index (χ2n) is 8.85. The fraction of sp³-hybridized carbons (Fsp3) is 0.462. The number of hydrogen-bond acceptors (Lipinski definition) is 7. The molecule has 0 aromatic heterocycles. The Labute approximate surface area is 202 Å². The van der Waals surface area contributed by atoms with Crippen LogP contribution >= 0.6 is 7.14 Å². The van der Waals surface area contributed by atoms with Crippen molar-refractivity contribution in [3.63, 3.8) is 0 Å². The second kappa shape index (κ2) is 11.1. The van der Waals surface area contributed by atoms with Crippen molar-refractivity contribution in [1.29, 1.82) is 0 Å². The van der Waals surface area contributed by atoms with Gasteiger partial charge >= 0.3 is 0 Å². The van der Waals surface area contributed by atoms with E-state index in [1.807, 2.05) is 27.7 Å². The largest absolute Gasteiger partial charge is 0.496 e. The Hall–Kier alpha value is -2.79. The highest BCUT2D eigenvalue weighted by Crippen LogP contribution is 2.59. The van der Waals surface area contributed by atoms with Gasteiger partial charge in [-0.15, -0.1) is 0 Å². The maximum Gasteiger partial charge on any atom is 0.236 e. The van der Waals surface area contributed by atoms with E-state index in [1.54, 1.807) is 36.4 Å². The molecule has 0 amide bonds. The van der Waals surface area contributed by atoms with Gasteiger partial charge in [0.1, 0.15) is 34.1 Å². The van der Waals surface area contributed by atoms with E-state index >= 15 is 0 Å². The van der Waals surface area contributed by atoms with Gasteiger partial charge in [0.25, 0.3) is 0 Å². The molecule has 7 nitrogen and oxygen atoms in total. The summed E-state index contributed by atoms with van der Waals surface area (Å²) in [7, 11) is 1.36. The van der Waals surface area contributed by atoms with Crippen LogP contribution < -0.4 is 18.9 Å². The quantitative estimate of drug-likeness (QED) is 0.330. The first-order chi connectivity index (χ1) is 16.0. The van der Waals surface area contributed by atoms with Crippen LogP contribution in [0, 0.1) is 11.3 Å².